The second-order valence-corrected chi connectivity index (χ2v) is 10.8. The third-order valence-corrected chi connectivity index (χ3v) is 8.25. The van der Waals surface area contributed by atoms with E-state index in [-0.39, 0.29) is 6.79 Å². The minimum Gasteiger partial charge on any atom is -0.521 e. The van der Waals surface area contributed by atoms with E-state index in [1.165, 1.54) is 7.11 Å². The van der Waals surface area contributed by atoms with Crippen LogP contribution < -0.4 is 24.2 Å². The van der Waals surface area contributed by atoms with Gasteiger partial charge < -0.3 is 23.5 Å². The van der Waals surface area contributed by atoms with Crippen molar-refractivity contribution in [3.8, 4) is 34.1 Å². The van der Waals surface area contributed by atoms with Crippen molar-refractivity contribution < 1.29 is 28.3 Å². The number of rotatable bonds is 5. The Morgan fingerprint density at radius 2 is 1.33 bits per heavy atom. The zero-order chi connectivity index (χ0) is 30.3. The maximum absolute atomic E-state index is 12.9. The van der Waals surface area contributed by atoms with Gasteiger partial charge in [-0.15, -0.1) is 0 Å². The first-order chi connectivity index (χ1) is 22.2. The Morgan fingerprint density at radius 1 is 0.733 bits per heavy atom. The number of carbonyl (C=O) groups excluding carboxylic acids is 1. The average molecular weight is 591 g/mol. The van der Waals surface area contributed by atoms with Crippen molar-refractivity contribution in [2.45, 2.75) is 6.04 Å². The number of methoxy groups -OCH3 is 1. The molecule has 6 aromatic carbocycles. The Kier molecular flexibility index (Phi) is 6.60. The van der Waals surface area contributed by atoms with Crippen molar-refractivity contribution >= 4 is 46.3 Å². The fourth-order valence-corrected chi connectivity index (χ4v) is 6.07. The molecule has 0 saturated heterocycles. The van der Waals surface area contributed by atoms with Crippen LogP contribution in [0.15, 0.2) is 120 Å². The smallest absolute Gasteiger partial charge is 0.521 e. The van der Waals surface area contributed by atoms with E-state index in [9.17, 15) is 4.79 Å². The fourth-order valence-electron chi connectivity index (χ4n) is 6.07. The number of nitrogens with zero attached hydrogens (tertiary/aromatic N) is 1. The van der Waals surface area contributed by atoms with E-state index in [2.05, 4.69) is 36.4 Å². The standard InChI is InChI=1S/C37H26BNO6/c1-41-37(40)36(25-16-17-30-33(20-25)43-22-42-30)39-21-26-10-4-7-13-29(26)38-44-31-18-14-23-8-2-5-11-27(23)34(31)35-28-12-6-3-9-24(28)15-19-32(35)45-38/h2-21,36H,22H2,1H3/t36-/m0/s1. The van der Waals surface area contributed by atoms with Crippen molar-refractivity contribution in [1.29, 1.82) is 0 Å². The normalized spacial score (nSPS) is 13.9. The van der Waals surface area contributed by atoms with E-state index in [1.54, 1.807) is 24.4 Å². The van der Waals surface area contributed by atoms with Crippen LogP contribution in [0.5, 0.6) is 23.0 Å². The number of ether oxygens (including phenoxy) is 3. The van der Waals surface area contributed by atoms with Gasteiger partial charge in [0.15, 0.2) is 17.5 Å². The van der Waals surface area contributed by atoms with Crippen molar-refractivity contribution in [3.05, 3.63) is 126 Å². The molecule has 2 aliphatic heterocycles. The van der Waals surface area contributed by atoms with Gasteiger partial charge in [0.05, 0.1) is 7.11 Å². The minimum atomic E-state index is -0.910. The van der Waals surface area contributed by atoms with Gasteiger partial charge in [0.1, 0.15) is 11.5 Å². The van der Waals surface area contributed by atoms with Gasteiger partial charge in [0.25, 0.3) is 0 Å². The number of hydrogen-bond acceptors (Lipinski definition) is 7. The Labute approximate surface area is 259 Å². The molecule has 0 N–H and O–H groups in total. The SMILES string of the molecule is COC(=O)[C@@H](N=Cc1ccccc1B1Oc2ccc3ccccc3c2-c2c(ccc3ccccc23)O1)c1ccc2c(c1)OCO2. The van der Waals surface area contributed by atoms with Crippen LogP contribution in [0.25, 0.3) is 32.7 Å². The molecule has 7 nitrogen and oxygen atoms in total. The van der Waals surface area contributed by atoms with E-state index in [0.717, 1.165) is 43.7 Å². The maximum Gasteiger partial charge on any atom is 0.633 e. The summed E-state index contributed by atoms with van der Waals surface area (Å²) in [5, 5.41) is 4.39. The van der Waals surface area contributed by atoms with E-state index < -0.39 is 19.1 Å². The molecule has 0 unspecified atom stereocenters. The molecule has 218 valence electrons. The number of esters is 1. The topological polar surface area (TPSA) is 75.6 Å². The molecule has 0 saturated carbocycles. The Morgan fingerprint density at radius 3 is 2.02 bits per heavy atom. The molecule has 8 rings (SSSR count). The molecule has 45 heavy (non-hydrogen) atoms. The Bertz CT molecular complexity index is 2060. The molecule has 0 amide bonds. The van der Waals surface area contributed by atoms with Gasteiger partial charge in [0, 0.05) is 22.8 Å². The molecule has 0 aliphatic carbocycles. The Balaban J connectivity index is 1.24. The van der Waals surface area contributed by atoms with Crippen LogP contribution in [0.3, 0.4) is 0 Å². The molecule has 2 aliphatic rings. The molecule has 0 radical (unpaired) electrons. The lowest BCUT2D eigenvalue weighted by Crippen LogP contribution is -2.44. The first-order valence-corrected chi connectivity index (χ1v) is 14.6. The van der Waals surface area contributed by atoms with Crippen molar-refractivity contribution in [2.24, 2.45) is 4.99 Å². The summed E-state index contributed by atoms with van der Waals surface area (Å²) in [7, 11) is 0.554. The molecule has 0 bridgehead atoms. The molecule has 6 aromatic rings. The quantitative estimate of drug-likeness (QED) is 0.124. The average Bonchev–Trinajstić information content (AvgIpc) is 3.49. The van der Waals surface area contributed by atoms with Crippen LogP contribution in [0.1, 0.15) is 17.2 Å². The van der Waals surface area contributed by atoms with Crippen molar-refractivity contribution in [1.82, 2.24) is 0 Å². The van der Waals surface area contributed by atoms with Crippen molar-refractivity contribution in [2.75, 3.05) is 13.9 Å². The third-order valence-electron chi connectivity index (χ3n) is 8.25. The van der Waals surface area contributed by atoms with E-state index in [1.807, 2.05) is 60.7 Å². The summed E-state index contributed by atoms with van der Waals surface area (Å²) in [5.74, 6) is 2.13. The summed E-state index contributed by atoms with van der Waals surface area (Å²) in [6, 6.07) is 36.9. The summed E-state index contributed by atoms with van der Waals surface area (Å²) in [4.78, 5) is 17.6. The van der Waals surface area contributed by atoms with Gasteiger partial charge in [-0.1, -0.05) is 91.0 Å². The Hall–Kier alpha value is -5.76. The highest BCUT2D eigenvalue weighted by molar-refractivity contribution is 6.64. The molecule has 8 heteroatoms. The number of hydrogen-bond donors (Lipinski definition) is 0. The maximum atomic E-state index is 12.9. The van der Waals surface area contributed by atoms with Crippen LogP contribution in [0.2, 0.25) is 0 Å². The van der Waals surface area contributed by atoms with E-state index in [4.69, 9.17) is 28.5 Å². The highest BCUT2D eigenvalue weighted by Crippen LogP contribution is 2.47. The monoisotopic (exact) mass is 591 g/mol. The molecule has 0 spiro atoms. The van der Waals surface area contributed by atoms with Crippen LogP contribution in [-0.4, -0.2) is 33.2 Å². The highest BCUT2D eigenvalue weighted by atomic mass is 16.7. The summed E-state index contributed by atoms with van der Waals surface area (Å²) < 4.78 is 29.5. The van der Waals surface area contributed by atoms with Gasteiger partial charge in [0.2, 0.25) is 6.79 Å². The first kappa shape index (κ1) is 26.8. The van der Waals surface area contributed by atoms with Gasteiger partial charge >= 0.3 is 13.1 Å². The van der Waals surface area contributed by atoms with E-state index >= 15 is 0 Å². The molecular weight excluding hydrogens is 565 g/mol. The molecule has 1 atom stereocenters. The molecule has 0 fully saturated rings. The minimum absolute atomic E-state index is 0.136. The summed E-state index contributed by atoms with van der Waals surface area (Å²) in [6.07, 6.45) is 1.67. The lowest BCUT2D eigenvalue weighted by Gasteiger charge is -2.17. The highest BCUT2D eigenvalue weighted by Gasteiger charge is 2.35. The van der Waals surface area contributed by atoms with Crippen LogP contribution in [-0.2, 0) is 9.53 Å². The van der Waals surface area contributed by atoms with Crippen LogP contribution >= 0.6 is 0 Å². The van der Waals surface area contributed by atoms with Crippen LogP contribution in [0.4, 0.5) is 0 Å². The van der Waals surface area contributed by atoms with Gasteiger partial charge in [-0.2, -0.15) is 0 Å². The largest absolute Gasteiger partial charge is 0.633 e. The molecule has 2 heterocycles. The summed E-state index contributed by atoms with van der Waals surface area (Å²) >= 11 is 0. The molecule has 0 aromatic heterocycles. The number of benzene rings is 6. The van der Waals surface area contributed by atoms with Crippen molar-refractivity contribution in [3.63, 3.8) is 0 Å². The van der Waals surface area contributed by atoms with Gasteiger partial charge in [-0.25, -0.2) is 4.79 Å². The molecular formula is C37H26BNO6. The number of fused-ring (bicyclic) bond motifs is 8. The fraction of sp³-hybridized carbons (Fsp3) is 0.0811. The number of aliphatic imine (C=N–C) groups is 1. The zero-order valence-electron chi connectivity index (χ0n) is 24.3. The lowest BCUT2D eigenvalue weighted by atomic mass is 9.75. The predicted molar refractivity (Wildman–Crippen MR) is 175 cm³/mol. The lowest BCUT2D eigenvalue weighted by molar-refractivity contribution is -0.142. The first-order valence-electron chi connectivity index (χ1n) is 14.6. The van der Waals surface area contributed by atoms with E-state index in [0.29, 0.717) is 28.6 Å². The third kappa shape index (κ3) is 4.71. The zero-order valence-corrected chi connectivity index (χ0v) is 24.3. The van der Waals surface area contributed by atoms with Gasteiger partial charge in [-0.05, 0) is 56.9 Å². The predicted octanol–water partition coefficient (Wildman–Crippen LogP) is 6.89. The summed E-state index contributed by atoms with van der Waals surface area (Å²) in [6.45, 7) is 0.136. The van der Waals surface area contributed by atoms with Gasteiger partial charge in [-0.3, -0.25) is 4.99 Å². The number of carbonyl (C=O) groups is 1. The van der Waals surface area contributed by atoms with Crippen LogP contribution in [0, 0.1) is 0 Å². The second kappa shape index (κ2) is 11.1. The summed E-state index contributed by atoms with van der Waals surface area (Å²) in [5.41, 5.74) is 4.10. The second-order valence-electron chi connectivity index (χ2n) is 10.8.